The smallest absolute Gasteiger partial charge is 0.191 e. The van der Waals surface area contributed by atoms with Crippen LogP contribution >= 0.6 is 0 Å². The van der Waals surface area contributed by atoms with Gasteiger partial charge >= 0.3 is 0 Å². The molecule has 6 nitrogen and oxygen atoms in total. The molecule has 1 rings (SSSR count). The van der Waals surface area contributed by atoms with Gasteiger partial charge in [0.1, 0.15) is 0 Å². The van der Waals surface area contributed by atoms with Crippen LogP contribution in [-0.4, -0.2) is 77.1 Å². The summed E-state index contributed by atoms with van der Waals surface area (Å²) in [4.78, 5) is 7.41. The number of nitrogens with one attached hydrogen (secondary N) is 2. The summed E-state index contributed by atoms with van der Waals surface area (Å²) in [5.41, 5.74) is 0. The summed E-state index contributed by atoms with van der Waals surface area (Å²) in [5.74, 6) is 2.35. The van der Waals surface area contributed by atoms with Gasteiger partial charge in [0.15, 0.2) is 5.96 Å². The van der Waals surface area contributed by atoms with E-state index in [-0.39, 0.29) is 0 Å². The van der Waals surface area contributed by atoms with Crippen LogP contribution in [0.2, 0.25) is 0 Å². The Labute approximate surface area is 154 Å². The second kappa shape index (κ2) is 14.3. The average Bonchev–Trinajstić information content (AvgIpc) is 2.58. The van der Waals surface area contributed by atoms with Gasteiger partial charge in [-0.05, 0) is 44.6 Å². The van der Waals surface area contributed by atoms with Crippen LogP contribution in [0.1, 0.15) is 40.0 Å². The second-order valence-corrected chi connectivity index (χ2v) is 7.27. The van der Waals surface area contributed by atoms with Crippen molar-refractivity contribution in [2.24, 2.45) is 16.8 Å². The van der Waals surface area contributed by atoms with Gasteiger partial charge in [-0.15, -0.1) is 0 Å². The quantitative estimate of drug-likeness (QED) is 0.318. The number of guanidine groups is 1. The molecule has 0 aliphatic carbocycles. The molecule has 1 aliphatic rings. The zero-order valence-electron chi connectivity index (χ0n) is 16.9. The monoisotopic (exact) mass is 356 g/mol. The fraction of sp³-hybridized carbons (Fsp3) is 0.947. The summed E-state index contributed by atoms with van der Waals surface area (Å²) < 4.78 is 10.4. The molecule has 6 heteroatoms. The van der Waals surface area contributed by atoms with Crippen LogP contribution in [0.3, 0.4) is 0 Å². The minimum absolute atomic E-state index is 0.659. The van der Waals surface area contributed by atoms with Crippen molar-refractivity contribution in [2.45, 2.75) is 40.0 Å². The number of piperidine rings is 1. The highest BCUT2D eigenvalue weighted by molar-refractivity contribution is 5.79. The van der Waals surface area contributed by atoms with E-state index in [1.165, 1.54) is 32.5 Å². The lowest BCUT2D eigenvalue weighted by Gasteiger charge is -2.33. The Hall–Kier alpha value is -0.850. The topological polar surface area (TPSA) is 58.1 Å². The zero-order chi connectivity index (χ0) is 18.3. The molecule has 1 fully saturated rings. The number of hydrogen-bond donors (Lipinski definition) is 2. The molecule has 1 atom stereocenters. The molecule has 0 bridgehead atoms. The summed E-state index contributed by atoms with van der Waals surface area (Å²) in [5, 5.41) is 6.75. The highest BCUT2D eigenvalue weighted by Gasteiger charge is 2.20. The number of aliphatic imine (C=N–C) groups is 1. The highest BCUT2D eigenvalue weighted by atomic mass is 16.5. The summed E-state index contributed by atoms with van der Waals surface area (Å²) in [6.45, 7) is 15.1. The molecule has 0 aromatic rings. The first-order valence-corrected chi connectivity index (χ1v) is 9.96. The van der Waals surface area contributed by atoms with E-state index in [4.69, 9.17) is 14.5 Å². The van der Waals surface area contributed by atoms with Crippen LogP contribution in [0.15, 0.2) is 4.99 Å². The van der Waals surface area contributed by atoms with Crippen molar-refractivity contribution < 1.29 is 9.47 Å². The van der Waals surface area contributed by atoms with E-state index in [1.807, 2.05) is 0 Å². The van der Waals surface area contributed by atoms with Gasteiger partial charge in [-0.1, -0.05) is 13.8 Å². The third kappa shape index (κ3) is 11.4. The van der Waals surface area contributed by atoms with Crippen LogP contribution in [-0.2, 0) is 9.47 Å². The molecule has 1 aliphatic heterocycles. The van der Waals surface area contributed by atoms with Gasteiger partial charge in [0.2, 0.25) is 0 Å². The van der Waals surface area contributed by atoms with E-state index in [9.17, 15) is 0 Å². The van der Waals surface area contributed by atoms with Crippen LogP contribution < -0.4 is 10.6 Å². The average molecular weight is 357 g/mol. The van der Waals surface area contributed by atoms with E-state index in [0.29, 0.717) is 19.1 Å². The number of ether oxygens (including phenoxy) is 2. The SMILES string of the molecule is CCNC(=NCC1CCCN(CC(C)C)C1)NCCCOCCOC. The Bertz CT molecular complexity index is 350. The second-order valence-electron chi connectivity index (χ2n) is 7.27. The summed E-state index contributed by atoms with van der Waals surface area (Å²) in [6, 6.07) is 0. The van der Waals surface area contributed by atoms with Crippen molar-refractivity contribution in [1.29, 1.82) is 0 Å². The molecule has 1 unspecified atom stereocenters. The van der Waals surface area contributed by atoms with Crippen molar-refractivity contribution in [2.75, 3.05) is 66.2 Å². The Morgan fingerprint density at radius 2 is 2.08 bits per heavy atom. The summed E-state index contributed by atoms with van der Waals surface area (Å²) in [7, 11) is 1.69. The third-order valence-corrected chi connectivity index (χ3v) is 4.27. The first-order chi connectivity index (χ1) is 12.2. The molecule has 1 saturated heterocycles. The van der Waals surface area contributed by atoms with Crippen LogP contribution in [0.25, 0.3) is 0 Å². The molecular weight excluding hydrogens is 316 g/mol. The molecule has 0 aromatic carbocycles. The van der Waals surface area contributed by atoms with Gasteiger partial charge in [-0.25, -0.2) is 0 Å². The maximum atomic E-state index is 5.48. The van der Waals surface area contributed by atoms with Crippen LogP contribution in [0.5, 0.6) is 0 Å². The first kappa shape index (κ1) is 22.2. The van der Waals surface area contributed by atoms with E-state index in [2.05, 4.69) is 36.3 Å². The van der Waals surface area contributed by atoms with Crippen molar-refractivity contribution in [1.82, 2.24) is 15.5 Å². The summed E-state index contributed by atoms with van der Waals surface area (Å²) in [6.07, 6.45) is 3.57. The van der Waals surface area contributed by atoms with Crippen LogP contribution in [0, 0.1) is 11.8 Å². The largest absolute Gasteiger partial charge is 0.382 e. The van der Waals surface area contributed by atoms with E-state index in [1.54, 1.807) is 7.11 Å². The first-order valence-electron chi connectivity index (χ1n) is 9.96. The van der Waals surface area contributed by atoms with Gasteiger partial charge in [0.05, 0.1) is 13.2 Å². The Morgan fingerprint density at radius 3 is 2.80 bits per heavy atom. The lowest BCUT2D eigenvalue weighted by atomic mass is 9.97. The predicted octanol–water partition coefficient (Wildman–Crippen LogP) is 1.96. The van der Waals surface area contributed by atoms with E-state index >= 15 is 0 Å². The van der Waals surface area contributed by atoms with Gasteiger partial charge in [0, 0.05) is 46.4 Å². The molecular formula is C19H40N4O2. The maximum Gasteiger partial charge on any atom is 0.191 e. The number of likely N-dealkylation sites (tertiary alicyclic amines) is 1. The van der Waals surface area contributed by atoms with Gasteiger partial charge < -0.3 is 25.0 Å². The normalized spacial score (nSPS) is 19.4. The number of nitrogens with zero attached hydrogens (tertiary/aromatic N) is 2. The molecule has 0 amide bonds. The number of methoxy groups -OCH3 is 1. The molecule has 0 aromatic heterocycles. The van der Waals surface area contributed by atoms with Crippen molar-refractivity contribution in [3.8, 4) is 0 Å². The zero-order valence-corrected chi connectivity index (χ0v) is 16.9. The fourth-order valence-electron chi connectivity index (χ4n) is 3.17. The van der Waals surface area contributed by atoms with Crippen molar-refractivity contribution >= 4 is 5.96 Å². The lowest BCUT2D eigenvalue weighted by Crippen LogP contribution is -2.41. The molecule has 0 saturated carbocycles. The van der Waals surface area contributed by atoms with Gasteiger partial charge in [0.25, 0.3) is 0 Å². The minimum atomic E-state index is 0.659. The lowest BCUT2D eigenvalue weighted by molar-refractivity contribution is 0.0698. The maximum absolute atomic E-state index is 5.48. The third-order valence-electron chi connectivity index (χ3n) is 4.27. The van der Waals surface area contributed by atoms with Gasteiger partial charge in [-0.3, -0.25) is 4.99 Å². The minimum Gasteiger partial charge on any atom is -0.382 e. The Balaban J connectivity index is 2.26. The highest BCUT2D eigenvalue weighted by Crippen LogP contribution is 2.17. The van der Waals surface area contributed by atoms with E-state index in [0.717, 1.165) is 44.5 Å². The number of hydrogen-bond acceptors (Lipinski definition) is 4. The van der Waals surface area contributed by atoms with Gasteiger partial charge in [-0.2, -0.15) is 0 Å². The fourth-order valence-corrected chi connectivity index (χ4v) is 3.17. The molecule has 25 heavy (non-hydrogen) atoms. The molecule has 0 spiro atoms. The van der Waals surface area contributed by atoms with Crippen LogP contribution in [0.4, 0.5) is 0 Å². The summed E-state index contributed by atoms with van der Waals surface area (Å²) >= 11 is 0. The standard InChI is InChI=1S/C19H40N4O2/c1-5-20-19(21-9-7-11-25-13-12-24-4)22-14-18-8-6-10-23(16-18)15-17(2)3/h17-18H,5-16H2,1-4H3,(H2,20,21,22). The molecule has 148 valence electrons. The molecule has 0 radical (unpaired) electrons. The Kier molecular flexibility index (Phi) is 12.7. The van der Waals surface area contributed by atoms with Crippen molar-refractivity contribution in [3.05, 3.63) is 0 Å². The Morgan fingerprint density at radius 1 is 1.24 bits per heavy atom. The van der Waals surface area contributed by atoms with E-state index < -0.39 is 0 Å². The molecule has 1 heterocycles. The van der Waals surface area contributed by atoms with Crippen molar-refractivity contribution in [3.63, 3.8) is 0 Å². The number of rotatable bonds is 12. The molecule has 2 N–H and O–H groups in total. The predicted molar refractivity (Wildman–Crippen MR) is 105 cm³/mol.